The van der Waals surface area contributed by atoms with Crippen LogP contribution in [0.2, 0.25) is 0 Å². The maximum Gasteiger partial charge on any atom is 0.124 e. The summed E-state index contributed by atoms with van der Waals surface area (Å²) in [5.74, 6) is -0.276. The number of benzene rings is 3. The molecule has 0 heterocycles. The third-order valence-electron chi connectivity index (χ3n) is 3.33. The van der Waals surface area contributed by atoms with Crippen LogP contribution in [0.5, 0.6) is 0 Å². The average molecular weight is 350 g/mol. The van der Waals surface area contributed by atoms with Gasteiger partial charge in [-0.2, -0.15) is 0 Å². The summed E-state index contributed by atoms with van der Waals surface area (Å²) in [6, 6.07) is 18.8. The van der Waals surface area contributed by atoms with Gasteiger partial charge < -0.3 is 0 Å². The predicted molar refractivity (Wildman–Crippen MR) is 85.7 cm³/mol. The maximum atomic E-state index is 13.2. The van der Waals surface area contributed by atoms with Gasteiger partial charge in [-0.25, -0.2) is 4.39 Å². The highest BCUT2D eigenvalue weighted by atomic mass is 79.9. The number of alkyl halides is 1. The van der Waals surface area contributed by atoms with Gasteiger partial charge in [0.15, 0.2) is 0 Å². The molecule has 1 atom stereocenters. The van der Waals surface area contributed by atoms with Gasteiger partial charge in [-0.1, -0.05) is 64.5 Å². The van der Waals surface area contributed by atoms with E-state index in [1.165, 1.54) is 12.1 Å². The van der Waals surface area contributed by atoms with Crippen LogP contribution in [0.4, 0.5) is 4.39 Å². The van der Waals surface area contributed by atoms with E-state index in [0.29, 0.717) is 4.47 Å². The van der Waals surface area contributed by atoms with Crippen molar-refractivity contribution >= 4 is 38.3 Å². The van der Waals surface area contributed by atoms with E-state index in [1.54, 1.807) is 6.07 Å². The van der Waals surface area contributed by atoms with E-state index in [9.17, 15) is 4.39 Å². The lowest BCUT2D eigenvalue weighted by molar-refractivity contribution is 0.626. The fraction of sp³-hybridized carbons (Fsp3) is 0.0588. The van der Waals surface area contributed by atoms with E-state index < -0.39 is 0 Å². The van der Waals surface area contributed by atoms with Crippen molar-refractivity contribution in [2.24, 2.45) is 0 Å². The molecule has 0 radical (unpaired) electrons. The van der Waals surface area contributed by atoms with Crippen molar-refractivity contribution in [3.05, 3.63) is 82.1 Å². The van der Waals surface area contributed by atoms with E-state index in [1.807, 2.05) is 24.3 Å². The lowest BCUT2D eigenvalue weighted by atomic mass is 9.98. The molecule has 0 bridgehead atoms. The zero-order valence-electron chi connectivity index (χ0n) is 10.5. The first-order valence-electron chi connectivity index (χ1n) is 6.23. The molecule has 0 N–H and O–H groups in total. The van der Waals surface area contributed by atoms with Crippen molar-refractivity contribution in [1.29, 1.82) is 0 Å². The van der Waals surface area contributed by atoms with E-state index in [4.69, 9.17) is 11.6 Å². The highest BCUT2D eigenvalue weighted by Gasteiger charge is 2.16. The van der Waals surface area contributed by atoms with Crippen LogP contribution >= 0.6 is 27.5 Å². The SMILES string of the molecule is Fc1ccc(C(Cl)c2cccc3ccccc23)c(Br)c1. The Balaban J connectivity index is 2.15. The molecule has 3 rings (SSSR count). The van der Waals surface area contributed by atoms with Crippen molar-refractivity contribution in [2.75, 3.05) is 0 Å². The first kappa shape index (κ1) is 13.6. The van der Waals surface area contributed by atoms with Crippen LogP contribution in [0.3, 0.4) is 0 Å². The molecule has 0 amide bonds. The summed E-state index contributed by atoms with van der Waals surface area (Å²) in [6.07, 6.45) is 0. The first-order valence-corrected chi connectivity index (χ1v) is 7.46. The molecule has 0 fully saturated rings. The summed E-state index contributed by atoms with van der Waals surface area (Å²) >= 11 is 10.0. The Labute approximate surface area is 130 Å². The molecule has 3 aromatic carbocycles. The van der Waals surface area contributed by atoms with Crippen LogP contribution in [-0.4, -0.2) is 0 Å². The second kappa shape index (κ2) is 5.55. The zero-order chi connectivity index (χ0) is 14.1. The van der Waals surface area contributed by atoms with E-state index in [-0.39, 0.29) is 11.2 Å². The number of halogens is 3. The van der Waals surface area contributed by atoms with Gasteiger partial charge in [-0.15, -0.1) is 11.6 Å². The Morgan fingerprint density at radius 1 is 0.900 bits per heavy atom. The van der Waals surface area contributed by atoms with E-state index >= 15 is 0 Å². The van der Waals surface area contributed by atoms with E-state index in [0.717, 1.165) is 21.9 Å². The molecule has 0 nitrogen and oxygen atoms in total. The van der Waals surface area contributed by atoms with Gasteiger partial charge in [-0.3, -0.25) is 0 Å². The largest absolute Gasteiger partial charge is 0.207 e. The number of hydrogen-bond acceptors (Lipinski definition) is 0. The van der Waals surface area contributed by atoms with Gasteiger partial charge in [0, 0.05) is 4.47 Å². The second-order valence-electron chi connectivity index (χ2n) is 4.60. The smallest absolute Gasteiger partial charge is 0.124 e. The molecule has 0 aliphatic rings. The van der Waals surface area contributed by atoms with Gasteiger partial charge in [0.05, 0.1) is 5.38 Å². The monoisotopic (exact) mass is 348 g/mol. The lowest BCUT2D eigenvalue weighted by Gasteiger charge is -2.15. The Kier molecular flexibility index (Phi) is 3.77. The minimum absolute atomic E-state index is 0.276. The van der Waals surface area contributed by atoms with Crippen LogP contribution < -0.4 is 0 Å². The minimum Gasteiger partial charge on any atom is -0.207 e. The molecule has 20 heavy (non-hydrogen) atoms. The van der Waals surface area contributed by atoms with E-state index in [2.05, 4.69) is 34.1 Å². The molecule has 0 aliphatic heterocycles. The summed E-state index contributed by atoms with van der Waals surface area (Å²) in [5.41, 5.74) is 1.89. The highest BCUT2D eigenvalue weighted by Crippen LogP contribution is 2.37. The first-order chi connectivity index (χ1) is 9.66. The third kappa shape index (κ3) is 2.46. The molecule has 100 valence electrons. The zero-order valence-corrected chi connectivity index (χ0v) is 12.8. The molecule has 3 aromatic rings. The van der Waals surface area contributed by atoms with Gasteiger partial charge in [0.1, 0.15) is 5.82 Å². The molecular formula is C17H11BrClF. The van der Waals surface area contributed by atoms with Gasteiger partial charge in [-0.05, 0) is 34.0 Å². The highest BCUT2D eigenvalue weighted by molar-refractivity contribution is 9.10. The van der Waals surface area contributed by atoms with Gasteiger partial charge >= 0.3 is 0 Å². The van der Waals surface area contributed by atoms with Crippen molar-refractivity contribution in [1.82, 2.24) is 0 Å². The maximum absolute atomic E-state index is 13.2. The molecule has 0 aromatic heterocycles. The quantitative estimate of drug-likeness (QED) is 0.493. The van der Waals surface area contributed by atoms with Gasteiger partial charge in [0.2, 0.25) is 0 Å². The van der Waals surface area contributed by atoms with Crippen molar-refractivity contribution in [3.8, 4) is 0 Å². The summed E-state index contributed by atoms with van der Waals surface area (Å²) in [7, 11) is 0. The molecule has 0 saturated heterocycles. The Morgan fingerprint density at radius 2 is 1.65 bits per heavy atom. The van der Waals surface area contributed by atoms with Crippen LogP contribution in [0.25, 0.3) is 10.8 Å². The van der Waals surface area contributed by atoms with Crippen molar-refractivity contribution in [3.63, 3.8) is 0 Å². The summed E-state index contributed by atoms with van der Waals surface area (Å²) < 4.78 is 13.9. The fourth-order valence-corrected chi connectivity index (χ4v) is 3.44. The van der Waals surface area contributed by atoms with Crippen LogP contribution in [0.1, 0.15) is 16.5 Å². The second-order valence-corrected chi connectivity index (χ2v) is 5.89. The standard InChI is InChI=1S/C17H11BrClF/c18-16-10-12(20)8-9-15(16)17(19)14-7-3-5-11-4-1-2-6-13(11)14/h1-10,17H. The third-order valence-corrected chi connectivity index (χ3v) is 4.49. The number of fused-ring (bicyclic) bond motifs is 1. The normalized spacial score (nSPS) is 12.6. The van der Waals surface area contributed by atoms with Crippen LogP contribution in [0, 0.1) is 5.82 Å². The molecule has 0 saturated carbocycles. The average Bonchev–Trinajstić information content (AvgIpc) is 2.46. The number of hydrogen-bond donors (Lipinski definition) is 0. The summed E-state index contributed by atoms with van der Waals surface area (Å²) in [4.78, 5) is 0. The Bertz CT molecular complexity index is 765. The molecule has 0 aliphatic carbocycles. The summed E-state index contributed by atoms with van der Waals surface area (Å²) in [5, 5.41) is 1.94. The molecular weight excluding hydrogens is 339 g/mol. The van der Waals surface area contributed by atoms with Crippen molar-refractivity contribution < 1.29 is 4.39 Å². The number of rotatable bonds is 2. The predicted octanol–water partition coefficient (Wildman–Crippen LogP) is 6.07. The molecule has 0 spiro atoms. The summed E-state index contributed by atoms with van der Waals surface area (Å²) in [6.45, 7) is 0. The fourth-order valence-electron chi connectivity index (χ4n) is 2.35. The van der Waals surface area contributed by atoms with Crippen LogP contribution in [-0.2, 0) is 0 Å². The topological polar surface area (TPSA) is 0 Å². The molecule has 1 unspecified atom stereocenters. The minimum atomic E-state index is -0.323. The molecule has 3 heteroatoms. The Morgan fingerprint density at radius 3 is 2.45 bits per heavy atom. The Hall–Kier alpha value is -1.38. The lowest BCUT2D eigenvalue weighted by Crippen LogP contribution is -1.96. The van der Waals surface area contributed by atoms with Crippen LogP contribution in [0.15, 0.2) is 65.1 Å². The van der Waals surface area contributed by atoms with Crippen molar-refractivity contribution in [2.45, 2.75) is 5.38 Å². The van der Waals surface area contributed by atoms with Gasteiger partial charge in [0.25, 0.3) is 0 Å².